The second kappa shape index (κ2) is 3.22. The lowest BCUT2D eigenvalue weighted by Crippen LogP contribution is -2.30. The lowest BCUT2D eigenvalue weighted by Gasteiger charge is -2.34. The van der Waals surface area contributed by atoms with Gasteiger partial charge in [-0.3, -0.25) is 0 Å². The Morgan fingerprint density at radius 3 is 2.45 bits per heavy atom. The van der Waals surface area contributed by atoms with Crippen LogP contribution in [0.3, 0.4) is 0 Å². The monoisotopic (exact) mass is 170 g/mol. The van der Waals surface area contributed by atoms with Crippen molar-refractivity contribution < 1.29 is 0 Å². The molecule has 1 rings (SSSR count). The summed E-state index contributed by atoms with van der Waals surface area (Å²) in [6.45, 7) is 6.73. The molecule has 0 amide bonds. The van der Waals surface area contributed by atoms with Crippen LogP contribution < -0.4 is 0 Å². The minimum absolute atomic E-state index is 0.149. The molecule has 0 nitrogen and oxygen atoms in total. The van der Waals surface area contributed by atoms with Crippen molar-refractivity contribution in [3.05, 3.63) is 12.2 Å². The van der Waals surface area contributed by atoms with Crippen LogP contribution in [0.2, 0.25) is 0 Å². The van der Waals surface area contributed by atoms with Crippen molar-refractivity contribution in [3.8, 4) is 0 Å². The molecule has 0 aromatic carbocycles. The van der Waals surface area contributed by atoms with Crippen LogP contribution in [-0.4, -0.2) is 4.75 Å². The summed E-state index contributed by atoms with van der Waals surface area (Å²) in [7, 11) is 0. The van der Waals surface area contributed by atoms with Gasteiger partial charge in [-0.25, -0.2) is 0 Å². The molecule has 1 aliphatic rings. The number of allylic oxidation sites excluding steroid dienone is 2. The fourth-order valence-electron chi connectivity index (χ4n) is 1.90. The van der Waals surface area contributed by atoms with Gasteiger partial charge in [0.1, 0.15) is 0 Å². The Labute approximate surface area is 75.5 Å². The fraction of sp³-hybridized carbons (Fsp3) is 0.800. The van der Waals surface area contributed by atoms with Gasteiger partial charge in [0.15, 0.2) is 0 Å². The predicted molar refractivity (Wildman–Crippen MR) is 54.1 cm³/mol. The molecule has 1 heteroatoms. The average molecular weight is 170 g/mol. The van der Waals surface area contributed by atoms with Gasteiger partial charge in [-0.15, -0.1) is 0 Å². The average Bonchev–Trinajstić information content (AvgIpc) is 1.86. The van der Waals surface area contributed by atoms with E-state index in [1.807, 2.05) is 0 Å². The molecule has 0 bridgehead atoms. The van der Waals surface area contributed by atoms with Crippen molar-refractivity contribution in [3.63, 3.8) is 0 Å². The number of hydrogen-bond donors (Lipinski definition) is 1. The first kappa shape index (κ1) is 9.18. The molecule has 0 fully saturated rings. The zero-order valence-electron chi connectivity index (χ0n) is 7.67. The Morgan fingerprint density at radius 1 is 1.45 bits per heavy atom. The van der Waals surface area contributed by atoms with Crippen LogP contribution >= 0.6 is 12.6 Å². The Bertz CT molecular complexity index is 153. The van der Waals surface area contributed by atoms with Crippen LogP contribution in [0.1, 0.15) is 33.6 Å². The first-order chi connectivity index (χ1) is 5.02. The second-order valence-electron chi connectivity index (χ2n) is 4.16. The van der Waals surface area contributed by atoms with Gasteiger partial charge >= 0.3 is 0 Å². The van der Waals surface area contributed by atoms with E-state index in [2.05, 4.69) is 45.6 Å². The summed E-state index contributed by atoms with van der Waals surface area (Å²) in [5, 5.41) is 0. The molecule has 0 radical (unpaired) electrons. The highest BCUT2D eigenvalue weighted by Gasteiger charge is 2.29. The summed E-state index contributed by atoms with van der Waals surface area (Å²) >= 11 is 4.61. The summed E-state index contributed by atoms with van der Waals surface area (Å²) < 4.78 is 0.149. The predicted octanol–water partition coefficient (Wildman–Crippen LogP) is 3.30. The highest BCUT2D eigenvalue weighted by molar-refractivity contribution is 7.81. The van der Waals surface area contributed by atoms with Crippen molar-refractivity contribution in [1.29, 1.82) is 0 Å². The van der Waals surface area contributed by atoms with Crippen molar-refractivity contribution in [2.75, 3.05) is 0 Å². The van der Waals surface area contributed by atoms with E-state index in [0.29, 0.717) is 5.92 Å². The van der Waals surface area contributed by atoms with Gasteiger partial charge < -0.3 is 0 Å². The van der Waals surface area contributed by atoms with Crippen molar-refractivity contribution >= 4 is 12.6 Å². The maximum atomic E-state index is 4.61. The van der Waals surface area contributed by atoms with Gasteiger partial charge in [-0.1, -0.05) is 32.9 Å². The molecule has 0 saturated heterocycles. The van der Waals surface area contributed by atoms with Gasteiger partial charge in [0.2, 0.25) is 0 Å². The highest BCUT2D eigenvalue weighted by atomic mass is 32.1. The van der Waals surface area contributed by atoms with E-state index in [1.165, 1.54) is 12.8 Å². The minimum atomic E-state index is 0.149. The van der Waals surface area contributed by atoms with E-state index in [0.717, 1.165) is 5.92 Å². The van der Waals surface area contributed by atoms with E-state index < -0.39 is 0 Å². The summed E-state index contributed by atoms with van der Waals surface area (Å²) in [6.07, 6.45) is 7.20. The highest BCUT2D eigenvalue weighted by Crippen LogP contribution is 2.36. The van der Waals surface area contributed by atoms with Gasteiger partial charge in [0.25, 0.3) is 0 Å². The number of hydrogen-bond acceptors (Lipinski definition) is 1. The lowest BCUT2D eigenvalue weighted by atomic mass is 9.78. The normalized spacial score (nSPS) is 32.4. The Balaban J connectivity index is 2.69. The third-order valence-corrected chi connectivity index (χ3v) is 2.86. The van der Waals surface area contributed by atoms with Crippen molar-refractivity contribution in [2.45, 2.75) is 38.4 Å². The van der Waals surface area contributed by atoms with E-state index >= 15 is 0 Å². The van der Waals surface area contributed by atoms with Crippen LogP contribution in [-0.2, 0) is 0 Å². The molecule has 0 aliphatic heterocycles. The standard InChI is InChI=1S/C10H18S/c1-8-6-4-5-7-9(8)10(2,3)11/h5,7-9,11H,4,6H2,1-3H3/t8?,9-/m0/s1. The molecule has 0 aromatic heterocycles. The van der Waals surface area contributed by atoms with Gasteiger partial charge in [0.05, 0.1) is 0 Å². The molecule has 64 valence electrons. The third-order valence-electron chi connectivity index (χ3n) is 2.56. The van der Waals surface area contributed by atoms with E-state index in [1.54, 1.807) is 0 Å². The van der Waals surface area contributed by atoms with Gasteiger partial charge in [-0.2, -0.15) is 12.6 Å². The quantitative estimate of drug-likeness (QED) is 0.453. The fourth-order valence-corrected chi connectivity index (χ4v) is 2.24. The van der Waals surface area contributed by atoms with Crippen LogP contribution in [0, 0.1) is 11.8 Å². The molecule has 2 atom stereocenters. The largest absolute Gasteiger partial charge is 0.172 e. The Hall–Kier alpha value is 0.0900. The topological polar surface area (TPSA) is 0 Å². The maximum Gasteiger partial charge on any atom is 0.0138 e. The number of thiol groups is 1. The van der Waals surface area contributed by atoms with Crippen LogP contribution in [0.15, 0.2) is 12.2 Å². The van der Waals surface area contributed by atoms with E-state index in [9.17, 15) is 0 Å². The summed E-state index contributed by atoms with van der Waals surface area (Å²) in [5.74, 6) is 1.45. The van der Waals surface area contributed by atoms with Crippen molar-refractivity contribution in [2.24, 2.45) is 11.8 Å². The molecule has 0 spiro atoms. The molecule has 0 aromatic rings. The molecule has 1 unspecified atom stereocenters. The molecule has 11 heavy (non-hydrogen) atoms. The van der Waals surface area contributed by atoms with Crippen LogP contribution in [0.4, 0.5) is 0 Å². The first-order valence-electron chi connectivity index (χ1n) is 4.41. The van der Waals surface area contributed by atoms with Crippen molar-refractivity contribution in [1.82, 2.24) is 0 Å². The SMILES string of the molecule is CC1CCC=C[C@@H]1C(C)(C)S. The second-order valence-corrected chi connectivity index (χ2v) is 5.31. The van der Waals surface area contributed by atoms with E-state index in [4.69, 9.17) is 0 Å². The zero-order chi connectivity index (χ0) is 8.48. The first-order valence-corrected chi connectivity index (χ1v) is 4.85. The van der Waals surface area contributed by atoms with Crippen LogP contribution in [0.25, 0.3) is 0 Å². The zero-order valence-corrected chi connectivity index (χ0v) is 8.57. The summed E-state index contributed by atoms with van der Waals surface area (Å²) in [6, 6.07) is 0. The molecule has 1 aliphatic carbocycles. The lowest BCUT2D eigenvalue weighted by molar-refractivity contribution is 0.333. The molecule has 0 N–H and O–H groups in total. The van der Waals surface area contributed by atoms with E-state index in [-0.39, 0.29) is 4.75 Å². The number of rotatable bonds is 1. The molecular weight excluding hydrogens is 152 g/mol. The molecule has 0 heterocycles. The molecule has 0 saturated carbocycles. The Morgan fingerprint density at radius 2 is 2.09 bits per heavy atom. The van der Waals surface area contributed by atoms with Gasteiger partial charge in [-0.05, 0) is 24.7 Å². The minimum Gasteiger partial charge on any atom is -0.172 e. The summed E-state index contributed by atoms with van der Waals surface area (Å²) in [4.78, 5) is 0. The van der Waals surface area contributed by atoms with Gasteiger partial charge in [0, 0.05) is 4.75 Å². The molecular formula is C10H18S. The van der Waals surface area contributed by atoms with Crippen LogP contribution in [0.5, 0.6) is 0 Å². The maximum absolute atomic E-state index is 4.61. The summed E-state index contributed by atoms with van der Waals surface area (Å²) in [5.41, 5.74) is 0. The third kappa shape index (κ3) is 2.26. The Kier molecular flexibility index (Phi) is 2.69. The smallest absolute Gasteiger partial charge is 0.0138 e.